The normalized spacial score (nSPS) is 13.5. The molecular weight excluding hydrogens is 342 g/mol. The van der Waals surface area contributed by atoms with Crippen LogP contribution in [-0.4, -0.2) is 46.5 Å². The van der Waals surface area contributed by atoms with Gasteiger partial charge < -0.3 is 25.0 Å². The van der Waals surface area contributed by atoms with E-state index >= 15 is 0 Å². The Hall–Kier alpha value is -2.61. The summed E-state index contributed by atoms with van der Waals surface area (Å²) in [4.78, 5) is 34.5. The average Bonchev–Trinajstić information content (AvgIpc) is 2.51. The number of nitrogens with one attached hydrogen (secondary N) is 1. The number of rotatable bonds is 9. The fourth-order valence-electron chi connectivity index (χ4n) is 2.09. The van der Waals surface area contributed by atoms with Gasteiger partial charge in [-0.25, -0.2) is 9.59 Å². The molecule has 0 spiro atoms. The molecule has 1 rings (SSSR count). The van der Waals surface area contributed by atoms with E-state index < -0.39 is 35.6 Å². The van der Waals surface area contributed by atoms with Crippen molar-refractivity contribution in [3.05, 3.63) is 35.9 Å². The molecule has 8 nitrogen and oxygen atoms in total. The van der Waals surface area contributed by atoms with Crippen LogP contribution >= 0.6 is 0 Å². The van der Waals surface area contributed by atoms with Crippen LogP contribution in [0.1, 0.15) is 32.8 Å². The van der Waals surface area contributed by atoms with Crippen molar-refractivity contribution in [3.8, 4) is 0 Å². The van der Waals surface area contributed by atoms with Gasteiger partial charge in [0.15, 0.2) is 0 Å². The van der Waals surface area contributed by atoms with Gasteiger partial charge in [0, 0.05) is 0 Å². The summed E-state index contributed by atoms with van der Waals surface area (Å²) in [5, 5.41) is 20.7. The number of alkyl carbamates (subject to hydrolysis) is 1. The molecule has 26 heavy (non-hydrogen) atoms. The molecular formula is C18H25NO7. The Morgan fingerprint density at radius 2 is 1.69 bits per heavy atom. The van der Waals surface area contributed by atoms with E-state index in [-0.39, 0.29) is 19.6 Å². The number of aliphatic carboxylic acids is 2. The van der Waals surface area contributed by atoms with E-state index in [2.05, 4.69) is 5.32 Å². The monoisotopic (exact) mass is 367 g/mol. The minimum atomic E-state index is -1.40. The molecule has 0 aromatic heterocycles. The lowest BCUT2D eigenvalue weighted by molar-refractivity contribution is -0.146. The van der Waals surface area contributed by atoms with Crippen LogP contribution in [0.25, 0.3) is 0 Å². The van der Waals surface area contributed by atoms with Crippen LogP contribution in [0.3, 0.4) is 0 Å². The zero-order chi connectivity index (χ0) is 19.7. The van der Waals surface area contributed by atoms with Crippen molar-refractivity contribution in [2.24, 2.45) is 5.92 Å². The molecule has 0 radical (unpaired) electrons. The molecule has 0 aliphatic rings. The second-order valence-corrected chi connectivity index (χ2v) is 6.81. The summed E-state index contributed by atoms with van der Waals surface area (Å²) in [6.45, 7) is 4.95. The van der Waals surface area contributed by atoms with Crippen LogP contribution in [0.4, 0.5) is 4.79 Å². The molecule has 2 unspecified atom stereocenters. The summed E-state index contributed by atoms with van der Waals surface area (Å²) in [6, 6.07) is 7.78. The largest absolute Gasteiger partial charge is 0.481 e. The van der Waals surface area contributed by atoms with Crippen molar-refractivity contribution in [2.75, 3.05) is 6.61 Å². The smallest absolute Gasteiger partial charge is 0.408 e. The Morgan fingerprint density at radius 1 is 1.08 bits per heavy atom. The van der Waals surface area contributed by atoms with E-state index in [9.17, 15) is 24.6 Å². The number of ether oxygens (including phenoxy) is 2. The number of benzene rings is 1. The number of hydrogen-bond donors (Lipinski definition) is 3. The van der Waals surface area contributed by atoms with Crippen molar-refractivity contribution in [3.63, 3.8) is 0 Å². The maximum atomic E-state index is 11.7. The zero-order valence-corrected chi connectivity index (χ0v) is 15.1. The van der Waals surface area contributed by atoms with Crippen molar-refractivity contribution in [2.45, 2.75) is 45.4 Å². The molecule has 0 aliphatic carbocycles. The fourth-order valence-corrected chi connectivity index (χ4v) is 2.09. The second-order valence-electron chi connectivity index (χ2n) is 6.81. The first kappa shape index (κ1) is 21.4. The van der Waals surface area contributed by atoms with Gasteiger partial charge in [0.05, 0.1) is 19.1 Å². The number of amides is 1. The Kier molecular flexibility index (Phi) is 8.05. The van der Waals surface area contributed by atoms with Crippen molar-refractivity contribution in [1.29, 1.82) is 0 Å². The van der Waals surface area contributed by atoms with E-state index in [4.69, 9.17) is 9.47 Å². The van der Waals surface area contributed by atoms with E-state index in [1.807, 2.05) is 30.3 Å². The Balaban J connectivity index is 2.61. The van der Waals surface area contributed by atoms with E-state index in [1.54, 1.807) is 20.8 Å². The van der Waals surface area contributed by atoms with Crippen molar-refractivity contribution < 1.29 is 34.1 Å². The number of carboxylic acid groups (broad SMARTS) is 2. The minimum absolute atomic E-state index is 0.177. The molecule has 8 heteroatoms. The fraction of sp³-hybridized carbons (Fsp3) is 0.500. The molecule has 0 aliphatic heterocycles. The van der Waals surface area contributed by atoms with Gasteiger partial charge in [0.2, 0.25) is 0 Å². The lowest BCUT2D eigenvalue weighted by atomic mass is 10.0. The highest BCUT2D eigenvalue weighted by molar-refractivity contribution is 5.81. The minimum Gasteiger partial charge on any atom is -0.481 e. The number of carbonyl (C=O) groups is 3. The maximum absolute atomic E-state index is 11.7. The summed E-state index contributed by atoms with van der Waals surface area (Å²) in [6.07, 6.45) is -1.24. The van der Waals surface area contributed by atoms with Gasteiger partial charge in [-0.3, -0.25) is 4.79 Å². The predicted octanol–water partition coefficient (Wildman–Crippen LogP) is 2.27. The van der Waals surface area contributed by atoms with E-state index in [0.717, 1.165) is 5.56 Å². The molecule has 144 valence electrons. The van der Waals surface area contributed by atoms with Crippen LogP contribution in [0.2, 0.25) is 0 Å². The average molecular weight is 367 g/mol. The van der Waals surface area contributed by atoms with Crippen LogP contribution in [0.15, 0.2) is 30.3 Å². The Labute approximate surface area is 152 Å². The first-order chi connectivity index (χ1) is 12.1. The highest BCUT2D eigenvalue weighted by Gasteiger charge is 2.30. The molecule has 1 aromatic rings. The molecule has 0 heterocycles. The molecule has 2 atom stereocenters. The summed E-state index contributed by atoms with van der Waals surface area (Å²) >= 11 is 0. The third kappa shape index (κ3) is 8.48. The Bertz CT molecular complexity index is 610. The summed E-state index contributed by atoms with van der Waals surface area (Å²) in [5.74, 6) is -3.63. The number of carbonyl (C=O) groups excluding carboxylic acids is 1. The lowest BCUT2D eigenvalue weighted by Gasteiger charge is -2.23. The van der Waals surface area contributed by atoms with Gasteiger partial charge >= 0.3 is 18.0 Å². The van der Waals surface area contributed by atoms with Crippen LogP contribution in [0.5, 0.6) is 0 Å². The lowest BCUT2D eigenvalue weighted by Crippen LogP contribution is -2.45. The highest BCUT2D eigenvalue weighted by atomic mass is 16.6. The van der Waals surface area contributed by atoms with Gasteiger partial charge in [-0.1, -0.05) is 30.3 Å². The van der Waals surface area contributed by atoms with E-state index in [1.165, 1.54) is 0 Å². The van der Waals surface area contributed by atoms with Crippen LogP contribution < -0.4 is 5.32 Å². The third-order valence-electron chi connectivity index (χ3n) is 3.29. The molecule has 3 N–H and O–H groups in total. The maximum Gasteiger partial charge on any atom is 0.408 e. The van der Waals surface area contributed by atoms with Crippen molar-refractivity contribution in [1.82, 2.24) is 5.32 Å². The second kappa shape index (κ2) is 9.76. The van der Waals surface area contributed by atoms with Gasteiger partial charge in [-0.05, 0) is 32.8 Å². The SMILES string of the molecule is CC(C)(C)OC(=O)NC(CC(COCc1ccccc1)C(=O)O)C(=O)O. The first-order valence-electron chi connectivity index (χ1n) is 8.15. The van der Waals surface area contributed by atoms with Crippen LogP contribution in [-0.2, 0) is 25.7 Å². The third-order valence-corrected chi connectivity index (χ3v) is 3.29. The van der Waals surface area contributed by atoms with E-state index in [0.29, 0.717) is 0 Å². The topological polar surface area (TPSA) is 122 Å². The molecule has 0 saturated carbocycles. The molecule has 0 bridgehead atoms. The molecule has 1 aromatic carbocycles. The van der Waals surface area contributed by atoms with Gasteiger partial charge in [-0.2, -0.15) is 0 Å². The van der Waals surface area contributed by atoms with Gasteiger partial charge in [0.1, 0.15) is 11.6 Å². The van der Waals surface area contributed by atoms with Crippen LogP contribution in [0, 0.1) is 5.92 Å². The van der Waals surface area contributed by atoms with Gasteiger partial charge in [-0.15, -0.1) is 0 Å². The Morgan fingerprint density at radius 3 is 2.19 bits per heavy atom. The first-order valence-corrected chi connectivity index (χ1v) is 8.15. The summed E-state index contributed by atoms with van der Waals surface area (Å²) in [5.41, 5.74) is 0.0799. The molecule has 1 amide bonds. The molecule has 0 fully saturated rings. The number of hydrogen-bond acceptors (Lipinski definition) is 5. The summed E-state index contributed by atoms with van der Waals surface area (Å²) < 4.78 is 10.4. The molecule has 0 saturated heterocycles. The quantitative estimate of drug-likeness (QED) is 0.612. The number of carboxylic acids is 2. The summed E-state index contributed by atoms with van der Waals surface area (Å²) in [7, 11) is 0. The predicted molar refractivity (Wildman–Crippen MR) is 92.6 cm³/mol. The van der Waals surface area contributed by atoms with Crippen molar-refractivity contribution >= 4 is 18.0 Å². The highest BCUT2D eigenvalue weighted by Crippen LogP contribution is 2.12. The standard InChI is InChI=1S/C18H25NO7/c1-18(2,3)26-17(24)19-14(16(22)23)9-13(15(20)21)11-25-10-12-7-5-4-6-8-12/h4-8,13-14H,9-11H2,1-3H3,(H,19,24)(H,20,21)(H,22,23). The van der Waals surface area contributed by atoms with Gasteiger partial charge in [0.25, 0.3) is 0 Å². The zero-order valence-electron chi connectivity index (χ0n) is 15.1.